The van der Waals surface area contributed by atoms with Gasteiger partial charge in [-0.3, -0.25) is 14.9 Å². The van der Waals surface area contributed by atoms with Crippen molar-refractivity contribution >= 4 is 23.3 Å². The minimum absolute atomic E-state index is 0.0667. The molecule has 1 N–H and O–H groups in total. The number of aryl methyl sites for hydroxylation is 2. The molecule has 0 aromatic heterocycles. The third kappa shape index (κ3) is 4.54. The molecule has 0 heterocycles. The van der Waals surface area contributed by atoms with Gasteiger partial charge in [0.1, 0.15) is 0 Å². The fourth-order valence-electron chi connectivity index (χ4n) is 2.95. The summed E-state index contributed by atoms with van der Waals surface area (Å²) < 4.78 is 5.26. The van der Waals surface area contributed by atoms with Crippen molar-refractivity contribution in [1.82, 2.24) is 0 Å². The average molecular weight is 384 g/mol. The Balaban J connectivity index is 2.17. The number of anilines is 1. The summed E-state index contributed by atoms with van der Waals surface area (Å²) in [4.78, 5) is 35.5. The van der Waals surface area contributed by atoms with Gasteiger partial charge in [0.2, 0.25) is 0 Å². The highest BCUT2D eigenvalue weighted by Gasteiger charge is 2.24. The zero-order chi connectivity index (χ0) is 20.8. The number of ether oxygens (including phenoxy) is 1. The van der Waals surface area contributed by atoms with Gasteiger partial charge in [-0.05, 0) is 43.9 Å². The minimum Gasteiger partial charge on any atom is -0.449 e. The fraction of sp³-hybridized carbons (Fsp3) is 0.333. The van der Waals surface area contributed by atoms with Crippen molar-refractivity contribution in [1.29, 1.82) is 0 Å². The Morgan fingerprint density at radius 1 is 1.11 bits per heavy atom. The molecule has 0 aliphatic heterocycles. The molecule has 7 nitrogen and oxygen atoms in total. The lowest BCUT2D eigenvalue weighted by molar-refractivity contribution is -0.385. The number of carbonyl (C=O) groups excluding carboxylic acids is 2. The van der Waals surface area contributed by atoms with Gasteiger partial charge in [-0.1, -0.05) is 38.1 Å². The predicted octanol–water partition coefficient (Wildman–Crippen LogP) is 4.21. The molecule has 0 radical (unpaired) electrons. The van der Waals surface area contributed by atoms with E-state index in [1.165, 1.54) is 32.0 Å². The maximum atomic E-state index is 12.6. The van der Waals surface area contributed by atoms with Gasteiger partial charge in [-0.2, -0.15) is 0 Å². The smallest absolute Gasteiger partial charge is 0.339 e. The van der Waals surface area contributed by atoms with Gasteiger partial charge in [0.25, 0.3) is 11.6 Å². The lowest BCUT2D eigenvalue weighted by atomic mass is 10.0. The number of nitrogens with zero attached hydrogens (tertiary/aromatic N) is 1. The molecule has 0 unspecified atom stereocenters. The molecule has 1 amide bonds. The van der Waals surface area contributed by atoms with E-state index in [1.54, 1.807) is 0 Å². The van der Waals surface area contributed by atoms with Crippen LogP contribution in [0.5, 0.6) is 0 Å². The van der Waals surface area contributed by atoms with Crippen LogP contribution in [0.25, 0.3) is 0 Å². The zero-order valence-corrected chi connectivity index (χ0v) is 16.4. The molecule has 0 spiro atoms. The van der Waals surface area contributed by atoms with Crippen molar-refractivity contribution in [3.63, 3.8) is 0 Å². The second-order valence-electron chi connectivity index (χ2n) is 6.40. The van der Waals surface area contributed by atoms with Gasteiger partial charge in [0, 0.05) is 17.3 Å². The molecule has 28 heavy (non-hydrogen) atoms. The Bertz CT molecular complexity index is 885. The Kier molecular flexibility index (Phi) is 6.87. The highest BCUT2D eigenvalue weighted by atomic mass is 16.6. The summed E-state index contributed by atoms with van der Waals surface area (Å²) in [5.41, 5.74) is 2.84. The summed E-state index contributed by atoms with van der Waals surface area (Å²) >= 11 is 0. The molecule has 2 rings (SSSR count). The van der Waals surface area contributed by atoms with Crippen molar-refractivity contribution < 1.29 is 19.2 Å². The number of carbonyl (C=O) groups is 2. The van der Waals surface area contributed by atoms with E-state index in [0.717, 1.165) is 29.7 Å². The van der Waals surface area contributed by atoms with Crippen LogP contribution in [0, 0.1) is 17.0 Å². The van der Waals surface area contributed by atoms with Crippen LogP contribution in [0.15, 0.2) is 36.4 Å². The number of hydrogen-bond donors (Lipinski definition) is 1. The first-order valence-electron chi connectivity index (χ1n) is 9.16. The molecule has 0 saturated heterocycles. The summed E-state index contributed by atoms with van der Waals surface area (Å²) in [5, 5.41) is 13.9. The topological polar surface area (TPSA) is 98.5 Å². The first-order chi connectivity index (χ1) is 13.3. The normalized spacial score (nSPS) is 11.6. The number of rotatable bonds is 7. The van der Waals surface area contributed by atoms with E-state index < -0.39 is 22.9 Å². The van der Waals surface area contributed by atoms with Gasteiger partial charge >= 0.3 is 5.97 Å². The molecule has 0 saturated carbocycles. The highest BCUT2D eigenvalue weighted by molar-refractivity contribution is 5.99. The number of para-hydroxylation sites is 1. The molecular formula is C21H24N2O5. The zero-order valence-electron chi connectivity index (χ0n) is 16.4. The molecule has 7 heteroatoms. The number of nitro groups is 1. The summed E-state index contributed by atoms with van der Waals surface area (Å²) in [7, 11) is 0. The van der Waals surface area contributed by atoms with Crippen LogP contribution in [0.2, 0.25) is 0 Å². The minimum atomic E-state index is -1.05. The van der Waals surface area contributed by atoms with Gasteiger partial charge in [0.05, 0.1) is 10.5 Å². The first kappa shape index (κ1) is 21.1. The maximum Gasteiger partial charge on any atom is 0.339 e. The Morgan fingerprint density at radius 3 is 2.21 bits per heavy atom. The van der Waals surface area contributed by atoms with Crippen molar-refractivity contribution in [2.24, 2.45) is 0 Å². The predicted molar refractivity (Wildman–Crippen MR) is 107 cm³/mol. The Hall–Kier alpha value is -3.22. The van der Waals surface area contributed by atoms with Crippen molar-refractivity contribution in [3.8, 4) is 0 Å². The molecule has 0 fully saturated rings. The summed E-state index contributed by atoms with van der Waals surface area (Å²) in [6, 6.07) is 10.0. The van der Waals surface area contributed by atoms with E-state index in [0.29, 0.717) is 0 Å². The standard InChI is InChI=1S/C21H24N2O5/c1-5-15-9-7-10-16(6-2)19(15)22-20(24)14(4)28-21(25)17-11-8-12-18(13(17)3)23(26)27/h7-12,14H,5-6H2,1-4H3,(H,22,24)/t14-/m1/s1. The molecule has 0 bridgehead atoms. The Morgan fingerprint density at radius 2 is 1.68 bits per heavy atom. The molecule has 2 aromatic rings. The quantitative estimate of drug-likeness (QED) is 0.438. The van der Waals surface area contributed by atoms with Crippen molar-refractivity contribution in [2.45, 2.75) is 46.6 Å². The number of amides is 1. The fourth-order valence-corrected chi connectivity index (χ4v) is 2.95. The number of nitro benzene ring substituents is 1. The molecule has 1 atom stereocenters. The second kappa shape index (κ2) is 9.12. The van der Waals surface area contributed by atoms with Crippen LogP contribution in [-0.2, 0) is 22.4 Å². The van der Waals surface area contributed by atoms with Crippen molar-refractivity contribution in [3.05, 3.63) is 68.8 Å². The van der Waals surface area contributed by atoms with Crippen LogP contribution >= 0.6 is 0 Å². The molecule has 0 aliphatic carbocycles. The van der Waals surface area contributed by atoms with Crippen LogP contribution in [0.3, 0.4) is 0 Å². The summed E-state index contributed by atoms with van der Waals surface area (Å²) in [6.45, 7) is 6.95. The highest BCUT2D eigenvalue weighted by Crippen LogP contribution is 2.24. The van der Waals surface area contributed by atoms with Gasteiger partial charge in [0.15, 0.2) is 6.10 Å². The van der Waals surface area contributed by atoms with Gasteiger partial charge < -0.3 is 10.1 Å². The molecule has 0 aliphatic rings. The molecular weight excluding hydrogens is 360 g/mol. The van der Waals surface area contributed by atoms with Gasteiger partial charge in [-0.15, -0.1) is 0 Å². The number of esters is 1. The van der Waals surface area contributed by atoms with E-state index in [4.69, 9.17) is 4.74 Å². The summed E-state index contributed by atoms with van der Waals surface area (Å²) in [6.07, 6.45) is 0.454. The molecule has 148 valence electrons. The van der Waals surface area contributed by atoms with Crippen LogP contribution < -0.4 is 5.32 Å². The maximum absolute atomic E-state index is 12.6. The number of hydrogen-bond acceptors (Lipinski definition) is 5. The number of benzene rings is 2. The molecule has 2 aromatic carbocycles. The van der Waals surface area contributed by atoms with Gasteiger partial charge in [-0.25, -0.2) is 4.79 Å². The average Bonchev–Trinajstić information content (AvgIpc) is 2.67. The van der Waals surface area contributed by atoms with E-state index in [9.17, 15) is 19.7 Å². The largest absolute Gasteiger partial charge is 0.449 e. The third-order valence-corrected chi connectivity index (χ3v) is 4.62. The van der Waals surface area contributed by atoms with E-state index in [2.05, 4.69) is 5.32 Å². The monoisotopic (exact) mass is 384 g/mol. The SMILES string of the molecule is CCc1cccc(CC)c1NC(=O)[C@@H](C)OC(=O)c1cccc([N+](=O)[O-])c1C. The van der Waals surface area contributed by atoms with Crippen LogP contribution in [0.4, 0.5) is 11.4 Å². The number of nitrogens with one attached hydrogen (secondary N) is 1. The third-order valence-electron chi connectivity index (χ3n) is 4.62. The van der Waals surface area contributed by atoms with E-state index in [1.807, 2.05) is 32.0 Å². The van der Waals surface area contributed by atoms with Crippen molar-refractivity contribution in [2.75, 3.05) is 5.32 Å². The summed E-state index contributed by atoms with van der Waals surface area (Å²) in [5.74, 6) is -1.23. The van der Waals surface area contributed by atoms with E-state index >= 15 is 0 Å². The lowest BCUT2D eigenvalue weighted by Crippen LogP contribution is -2.31. The van der Waals surface area contributed by atoms with Crippen LogP contribution in [0.1, 0.15) is 47.8 Å². The first-order valence-corrected chi connectivity index (χ1v) is 9.16. The van der Waals surface area contributed by atoms with E-state index in [-0.39, 0.29) is 16.8 Å². The Labute approximate surface area is 163 Å². The lowest BCUT2D eigenvalue weighted by Gasteiger charge is -2.18. The second-order valence-corrected chi connectivity index (χ2v) is 6.40. The van der Waals surface area contributed by atoms with Crippen LogP contribution in [-0.4, -0.2) is 22.9 Å².